The largest absolute Gasteiger partial charge is 0.388 e. The Morgan fingerprint density at radius 2 is 0.699 bits per heavy atom. The molecule has 0 saturated heterocycles. The van der Waals surface area contributed by atoms with Crippen LogP contribution < -0.4 is 73.0 Å². The number of sulfonamides is 4. The summed E-state index contributed by atoms with van der Waals surface area (Å²) in [7, 11) is -10.6. The van der Waals surface area contributed by atoms with E-state index in [2.05, 4.69) is 77.8 Å². The van der Waals surface area contributed by atoms with Crippen molar-refractivity contribution in [3.05, 3.63) is 351 Å². The van der Waals surface area contributed by atoms with E-state index in [0.29, 0.717) is 54.7 Å². The van der Waals surface area contributed by atoms with Gasteiger partial charge < -0.3 is 36.9 Å². The van der Waals surface area contributed by atoms with Gasteiger partial charge in [0, 0.05) is 108 Å². The van der Waals surface area contributed by atoms with Crippen LogP contribution in [0.15, 0.2) is 317 Å². The van der Waals surface area contributed by atoms with E-state index in [1.54, 1.807) is 86.0 Å². The zero-order valence-electron chi connectivity index (χ0n) is 73.7. The van der Waals surface area contributed by atoms with Gasteiger partial charge in [0.25, 0.3) is 62.3 Å². The third kappa shape index (κ3) is 22.6. The number of urea groups is 4. The van der Waals surface area contributed by atoms with E-state index in [4.69, 9.17) is 46.4 Å². The average Bonchev–Trinajstić information content (AvgIpc) is 1.63. The highest BCUT2D eigenvalue weighted by atomic mass is 35.5. The summed E-state index contributed by atoms with van der Waals surface area (Å²) in [6.07, 6.45) is 17.0. The highest BCUT2D eigenvalue weighted by Crippen LogP contribution is 2.36. The number of aromatic amines is 1. The number of carbonyl (C=O) groups is 4. The molecule has 19 aromatic rings. The van der Waals surface area contributed by atoms with Crippen LogP contribution in [0.4, 0.5) is 53.3 Å². The smallest absolute Gasteiger partial charge is 0.333 e. The number of benzene rings is 5. The van der Waals surface area contributed by atoms with Crippen molar-refractivity contribution in [1.29, 1.82) is 0 Å². The minimum atomic E-state index is -4.08. The third-order valence-electron chi connectivity index (χ3n) is 21.4. The molecule has 143 heavy (non-hydrogen) atoms. The minimum absolute atomic E-state index is 0.0749. The Hall–Kier alpha value is -15.4. The van der Waals surface area contributed by atoms with E-state index < -0.39 is 64.2 Å². The number of anilines is 6. The summed E-state index contributed by atoms with van der Waals surface area (Å²) in [6.45, 7) is 1.66. The first-order valence-electron chi connectivity index (χ1n) is 41.8. The topological polar surface area (TPSA) is 510 Å². The molecule has 0 spiro atoms. The van der Waals surface area contributed by atoms with Crippen LogP contribution in [0.3, 0.4) is 0 Å². The van der Waals surface area contributed by atoms with Gasteiger partial charge in [-0.3, -0.25) is 47.3 Å². The van der Waals surface area contributed by atoms with Crippen molar-refractivity contribution in [1.82, 2.24) is 76.9 Å². The second kappa shape index (κ2) is 41.8. The van der Waals surface area contributed by atoms with Gasteiger partial charge in [0.2, 0.25) is 0 Å². The second-order valence-corrected chi connectivity index (χ2v) is 45.4. The lowest BCUT2D eigenvalue weighted by molar-refractivity contribution is 0.255. The van der Waals surface area contributed by atoms with Crippen molar-refractivity contribution in [2.75, 3.05) is 53.0 Å². The van der Waals surface area contributed by atoms with E-state index in [1.165, 1.54) is 127 Å². The van der Waals surface area contributed by atoms with Crippen LogP contribution >= 0.6 is 91.8 Å². The first kappa shape index (κ1) is 99.1. The molecule has 0 unspecified atom stereocenters. The molecule has 11 N–H and O–H groups in total. The van der Waals surface area contributed by atoms with Crippen LogP contribution in [0.25, 0.3) is 99.6 Å². The standard InChI is InChI=1S/C26H20ClN5O4S2.C25H19ClN6O4S2.C22H18ClN5O4S2.C20H13ClN6O4S2/c1-28-17-7-9-19-20(13-17)21(16-5-3-2-4-6-16)15-32(25(19)33)23-11-8-18(14-29-23)30-26(34)31-38(35,36)24-12-10-22(27)37-24;1-27-16-2-4-18-19(12-16)20(15-8-10-28-11-9-15)14-32(24(18)33)22-6-3-17(13-29-22)30-25(34)31-38(35,36)23-7-5-21(26)37-23;1-27-11-14-8-13-6-7-28(21(29)17(13)9-15(14)12-27)19-4-2-16(10-24-19)25-22(30)26-34(31,32)20-5-3-18(23)33-20;21-16-2-4-18(32-16)33(30,31)26-20(29)25-12-1-3-17(22-9-12)27-6-5-11-7-14-15(24-10-23-14)8-13(11)19(27)28/h2-15,28H,1H3,(H2,30,31,34);2-14,27H,1H3,(H2,30,31,34);2-10H,11-12H2,1H3,(H2,25,26,30);1-10H,(H,23,24)(H2,25,26,29). The van der Waals surface area contributed by atoms with Crippen LogP contribution in [0.1, 0.15) is 11.1 Å². The van der Waals surface area contributed by atoms with Crippen molar-refractivity contribution in [2.24, 2.45) is 0 Å². The first-order chi connectivity index (χ1) is 68.5. The summed E-state index contributed by atoms with van der Waals surface area (Å²) < 4.78 is 112. The molecule has 0 radical (unpaired) electrons. The summed E-state index contributed by atoms with van der Waals surface area (Å²) >= 11 is 26.4. The molecule has 0 fully saturated rings. The molecule has 8 amide bonds. The van der Waals surface area contributed by atoms with Gasteiger partial charge in [-0.25, -0.2) is 96.7 Å². The number of thiophene rings is 4. The number of H-pyrrole nitrogens is 1. The molecule has 0 aliphatic carbocycles. The monoisotopic (exact) mass is 2150 g/mol. The summed E-state index contributed by atoms with van der Waals surface area (Å²) in [5.74, 6) is 1.35. The molecule has 724 valence electrons. The van der Waals surface area contributed by atoms with Crippen molar-refractivity contribution >= 4 is 244 Å². The maximum absolute atomic E-state index is 13.4. The van der Waals surface area contributed by atoms with E-state index in [-0.39, 0.29) is 74.8 Å². The number of pyridine rings is 9. The number of rotatable bonds is 20. The lowest BCUT2D eigenvalue weighted by Crippen LogP contribution is -2.34. The summed E-state index contributed by atoms with van der Waals surface area (Å²) in [4.78, 5) is 132. The van der Waals surface area contributed by atoms with Crippen molar-refractivity contribution in [3.8, 4) is 45.5 Å². The maximum Gasteiger partial charge on any atom is 0.333 e. The lowest BCUT2D eigenvalue weighted by Gasteiger charge is -2.14. The number of aromatic nitrogens is 11. The number of halogens is 4. The number of fused-ring (bicyclic) bond motifs is 6. The van der Waals surface area contributed by atoms with E-state index in [0.717, 1.165) is 125 Å². The van der Waals surface area contributed by atoms with Crippen molar-refractivity contribution in [2.45, 2.75) is 29.9 Å². The number of hydrogen-bond acceptors (Lipinski definition) is 29. The lowest BCUT2D eigenvalue weighted by atomic mass is 10.00. The van der Waals surface area contributed by atoms with Gasteiger partial charge in [0.1, 0.15) is 40.1 Å². The molecule has 14 aromatic heterocycles. The highest BCUT2D eigenvalue weighted by Gasteiger charge is 2.27. The molecule has 20 rings (SSSR count). The molecule has 0 bridgehead atoms. The summed E-state index contributed by atoms with van der Waals surface area (Å²) in [6, 6.07) is 55.1. The molecule has 50 heteroatoms. The van der Waals surface area contributed by atoms with Gasteiger partial charge in [-0.1, -0.05) is 76.7 Å². The molecule has 0 atom stereocenters. The predicted octanol–water partition coefficient (Wildman–Crippen LogP) is 17.1. The van der Waals surface area contributed by atoms with E-state index in [9.17, 15) is 72.0 Å². The Kier molecular flexibility index (Phi) is 29.0. The van der Waals surface area contributed by atoms with E-state index in [1.807, 2.05) is 125 Å². The SMILES string of the molecule is CN1Cc2cc3ccn(-c4ccc(NC(=O)NS(=O)(=O)c5ccc(Cl)s5)cn4)c(=O)c3cc2C1.CNc1ccc2c(=O)n(-c3ccc(NC(=O)NS(=O)(=O)c4ccc(Cl)s4)cn3)cc(-c3ccccc3)c2c1.CNc1ccc2c(=O)n(-c3ccc(NC(=O)NS(=O)(=O)c4ccc(Cl)s4)cn3)cc(-c3ccncc3)c2c1.O=C(Nc1ccc(-n2ccc3cc4[nH]cnc4cc3c2=O)nc1)NS(=O)(=O)c1ccc(Cl)s1. The zero-order chi connectivity index (χ0) is 101. The Morgan fingerprint density at radius 1 is 0.357 bits per heavy atom. The van der Waals surface area contributed by atoms with Crippen LogP contribution in [-0.2, 0) is 53.2 Å². The third-order valence-corrected chi connectivity index (χ3v) is 33.6. The molecule has 5 aromatic carbocycles. The van der Waals surface area contributed by atoms with E-state index >= 15 is 0 Å². The number of imidazole rings is 1. The number of amides is 8. The van der Waals surface area contributed by atoms with Crippen molar-refractivity contribution < 1.29 is 52.8 Å². The molecule has 1 aliphatic heterocycles. The van der Waals surface area contributed by atoms with Crippen molar-refractivity contribution in [3.63, 3.8) is 0 Å². The molecular weight excluding hydrogens is 2080 g/mol. The van der Waals surface area contributed by atoms with Crippen LogP contribution in [0.2, 0.25) is 17.3 Å². The summed E-state index contributed by atoms with van der Waals surface area (Å²) in [5.41, 5.74) is 9.04. The predicted molar refractivity (Wildman–Crippen MR) is 557 cm³/mol. The van der Waals surface area contributed by atoms with Crippen LogP contribution in [0, 0.1) is 0 Å². The Bertz CT molecular complexity index is 8720. The maximum atomic E-state index is 13.4. The van der Waals surface area contributed by atoms with Crippen LogP contribution in [0.5, 0.6) is 0 Å². The average molecular weight is 2150 g/mol. The molecule has 38 nitrogen and oxygen atoms in total. The number of hydrogen-bond donors (Lipinski definition) is 11. The quantitative estimate of drug-likeness (QED) is 0.0337. The number of carbonyl (C=O) groups excluding carboxylic acids is 4. The fraction of sp³-hybridized carbons (Fsp3) is 0.0538. The van der Waals surface area contributed by atoms with Crippen LogP contribution in [-0.4, -0.2) is 137 Å². The first-order valence-corrected chi connectivity index (χ1v) is 52.5. The number of nitrogens with zero attached hydrogens (tertiary/aromatic N) is 11. The fourth-order valence-corrected chi connectivity index (χ4v) is 24.3. The van der Waals surface area contributed by atoms with Gasteiger partial charge in [0.15, 0.2) is 0 Å². The molecule has 0 saturated carbocycles. The molecule has 1 aliphatic rings. The summed E-state index contributed by atoms with van der Waals surface area (Å²) in [5, 5.41) is 21.2. The van der Waals surface area contributed by atoms with Gasteiger partial charge in [0.05, 0.1) is 82.2 Å². The second-order valence-electron chi connectivity index (χ2n) is 30.9. The minimum Gasteiger partial charge on any atom is -0.388 e. The van der Waals surface area contributed by atoms with Gasteiger partial charge in [-0.2, -0.15) is 0 Å². The Morgan fingerprint density at radius 3 is 1.06 bits per heavy atom. The van der Waals surface area contributed by atoms with Gasteiger partial charge in [-0.05, 0) is 233 Å². The Balaban J connectivity index is 0.000000131. The number of nitrogens with one attached hydrogen (secondary N) is 11. The highest BCUT2D eigenvalue weighted by molar-refractivity contribution is 7.93. The molecule has 15 heterocycles. The fourth-order valence-electron chi connectivity index (χ4n) is 14.8. The Labute approximate surface area is 845 Å². The van der Waals surface area contributed by atoms with Gasteiger partial charge in [-0.15, -0.1) is 45.3 Å². The normalized spacial score (nSPS) is 12.0. The van der Waals surface area contributed by atoms with Gasteiger partial charge >= 0.3 is 24.1 Å². The molecular formula is C93H70Cl4N22O16S8. The zero-order valence-corrected chi connectivity index (χ0v) is 83.3.